The first-order valence-corrected chi connectivity index (χ1v) is 8.91. The van der Waals surface area contributed by atoms with Crippen molar-refractivity contribution < 1.29 is 18.0 Å². The van der Waals surface area contributed by atoms with Gasteiger partial charge in [-0.15, -0.1) is 0 Å². The molecule has 1 unspecified atom stereocenters. The Hall–Kier alpha value is -3.37. The first-order valence-electron chi connectivity index (χ1n) is 8.91. The van der Waals surface area contributed by atoms with Crippen LogP contribution in [0.4, 0.5) is 13.2 Å². The molecule has 0 aliphatic heterocycles. The van der Waals surface area contributed by atoms with E-state index in [1.165, 1.54) is 21.5 Å². The van der Waals surface area contributed by atoms with E-state index in [9.17, 15) is 22.8 Å². The highest BCUT2D eigenvalue weighted by molar-refractivity contribution is 5.92. The molecule has 1 aliphatic carbocycles. The van der Waals surface area contributed by atoms with E-state index in [-0.39, 0.29) is 23.0 Å². The van der Waals surface area contributed by atoms with Gasteiger partial charge in [0.2, 0.25) is 0 Å². The molecule has 0 saturated carbocycles. The average molecular weight is 406 g/mol. The molecule has 0 saturated heterocycles. The largest absolute Gasteiger partial charge is 0.433 e. The van der Waals surface area contributed by atoms with Gasteiger partial charge >= 0.3 is 6.18 Å². The minimum Gasteiger partial charge on any atom is -0.344 e. The number of aryl methyl sites for hydroxylation is 2. The topological polar surface area (TPSA) is 97.6 Å². The standard InChI is InChI=1S/C18H17F3N6O2/c1-26-14(8-16(28)25-26)17(29)23-12-3-2-4-13-11(12)9-27(24-13)10-5-6-22-15(7-10)18(19,20)21/h5-9,12H,2-4H2,1H3,(H,23,29)(H,25,28). The summed E-state index contributed by atoms with van der Waals surface area (Å²) in [5.74, 6) is -0.417. The molecule has 0 fully saturated rings. The second-order valence-corrected chi connectivity index (χ2v) is 6.86. The molecule has 3 aromatic rings. The van der Waals surface area contributed by atoms with Gasteiger partial charge in [0.1, 0.15) is 11.4 Å². The van der Waals surface area contributed by atoms with E-state index < -0.39 is 17.8 Å². The van der Waals surface area contributed by atoms with Crippen LogP contribution in [0.25, 0.3) is 5.69 Å². The lowest BCUT2D eigenvalue weighted by Crippen LogP contribution is -2.31. The summed E-state index contributed by atoms with van der Waals surface area (Å²) in [6.07, 6.45) is 0.258. The van der Waals surface area contributed by atoms with Gasteiger partial charge in [-0.1, -0.05) is 0 Å². The predicted molar refractivity (Wildman–Crippen MR) is 95.5 cm³/mol. The van der Waals surface area contributed by atoms with Crippen LogP contribution in [0.3, 0.4) is 0 Å². The van der Waals surface area contributed by atoms with Crippen molar-refractivity contribution >= 4 is 5.91 Å². The summed E-state index contributed by atoms with van der Waals surface area (Å²) in [7, 11) is 1.56. The summed E-state index contributed by atoms with van der Waals surface area (Å²) in [6.45, 7) is 0. The zero-order valence-corrected chi connectivity index (χ0v) is 15.3. The van der Waals surface area contributed by atoms with E-state index in [0.717, 1.165) is 29.9 Å². The molecule has 2 N–H and O–H groups in total. The molecule has 0 aromatic carbocycles. The summed E-state index contributed by atoms with van der Waals surface area (Å²) in [5.41, 5.74) is 0.512. The predicted octanol–water partition coefficient (Wildman–Crippen LogP) is 2.12. The third-order valence-corrected chi connectivity index (χ3v) is 4.85. The molecule has 8 nitrogen and oxygen atoms in total. The van der Waals surface area contributed by atoms with E-state index in [1.807, 2.05) is 0 Å². The van der Waals surface area contributed by atoms with Crippen molar-refractivity contribution in [1.82, 2.24) is 29.9 Å². The van der Waals surface area contributed by atoms with Crippen molar-refractivity contribution in [2.75, 3.05) is 0 Å². The van der Waals surface area contributed by atoms with Gasteiger partial charge in [0.05, 0.1) is 17.4 Å². The van der Waals surface area contributed by atoms with Crippen LogP contribution >= 0.6 is 0 Å². The number of pyridine rings is 1. The summed E-state index contributed by atoms with van der Waals surface area (Å²) < 4.78 is 41.5. The lowest BCUT2D eigenvalue weighted by Gasteiger charge is -2.22. The van der Waals surface area contributed by atoms with Crippen molar-refractivity contribution in [2.45, 2.75) is 31.5 Å². The number of H-pyrrole nitrogens is 1. The van der Waals surface area contributed by atoms with Crippen LogP contribution in [0.5, 0.6) is 0 Å². The number of rotatable bonds is 3. The van der Waals surface area contributed by atoms with Crippen LogP contribution in [0.15, 0.2) is 35.4 Å². The number of nitrogens with one attached hydrogen (secondary N) is 2. The molecular formula is C18H17F3N6O2. The molecule has 1 amide bonds. The Morgan fingerprint density at radius 3 is 2.83 bits per heavy atom. The summed E-state index contributed by atoms with van der Waals surface area (Å²) in [4.78, 5) is 27.3. The van der Waals surface area contributed by atoms with Crippen molar-refractivity contribution in [3.05, 3.63) is 63.6 Å². The van der Waals surface area contributed by atoms with Crippen molar-refractivity contribution in [1.29, 1.82) is 0 Å². The molecule has 0 spiro atoms. The molecule has 152 valence electrons. The zero-order chi connectivity index (χ0) is 20.8. The maximum Gasteiger partial charge on any atom is 0.433 e. The first kappa shape index (κ1) is 19.0. The van der Waals surface area contributed by atoms with E-state index in [1.54, 1.807) is 13.2 Å². The Labute approximate surface area is 162 Å². The number of alkyl halides is 3. The Kier molecular flexibility index (Phi) is 4.52. The number of aromatic nitrogens is 5. The molecule has 0 radical (unpaired) electrons. The molecule has 3 aromatic heterocycles. The Bertz CT molecular complexity index is 1130. The fourth-order valence-corrected chi connectivity index (χ4v) is 3.47. The highest BCUT2D eigenvalue weighted by Crippen LogP contribution is 2.31. The molecule has 1 atom stereocenters. The smallest absolute Gasteiger partial charge is 0.344 e. The van der Waals surface area contributed by atoms with Crippen LogP contribution in [0.2, 0.25) is 0 Å². The average Bonchev–Trinajstić information content (AvgIpc) is 3.24. The first-order chi connectivity index (χ1) is 13.7. The molecule has 11 heteroatoms. The van der Waals surface area contributed by atoms with Gasteiger partial charge < -0.3 is 5.32 Å². The van der Waals surface area contributed by atoms with Crippen molar-refractivity contribution in [2.24, 2.45) is 7.05 Å². The van der Waals surface area contributed by atoms with Gasteiger partial charge in [0, 0.05) is 31.1 Å². The van der Waals surface area contributed by atoms with Gasteiger partial charge in [0.25, 0.3) is 11.5 Å². The Morgan fingerprint density at radius 1 is 1.34 bits per heavy atom. The number of hydrogen-bond donors (Lipinski definition) is 2. The second-order valence-electron chi connectivity index (χ2n) is 6.86. The number of hydrogen-bond acceptors (Lipinski definition) is 4. The van der Waals surface area contributed by atoms with E-state index in [0.29, 0.717) is 12.8 Å². The lowest BCUT2D eigenvalue weighted by atomic mass is 9.93. The fourth-order valence-electron chi connectivity index (χ4n) is 3.47. The second kappa shape index (κ2) is 6.90. The molecule has 4 rings (SSSR count). The number of aromatic amines is 1. The highest BCUT2D eigenvalue weighted by atomic mass is 19.4. The number of amides is 1. The molecule has 29 heavy (non-hydrogen) atoms. The quantitative estimate of drug-likeness (QED) is 0.696. The Balaban J connectivity index is 1.62. The zero-order valence-electron chi connectivity index (χ0n) is 15.3. The van der Waals surface area contributed by atoms with E-state index in [2.05, 4.69) is 20.5 Å². The molecule has 3 heterocycles. The van der Waals surface area contributed by atoms with Crippen LogP contribution in [0, 0.1) is 0 Å². The highest BCUT2D eigenvalue weighted by Gasteiger charge is 2.33. The normalized spacial score (nSPS) is 16.5. The van der Waals surface area contributed by atoms with Crippen LogP contribution in [-0.4, -0.2) is 30.5 Å². The molecular weight excluding hydrogens is 389 g/mol. The maximum absolute atomic E-state index is 12.9. The monoisotopic (exact) mass is 406 g/mol. The number of fused-ring (bicyclic) bond motifs is 1. The van der Waals surface area contributed by atoms with E-state index in [4.69, 9.17) is 0 Å². The number of carbonyl (C=O) groups is 1. The summed E-state index contributed by atoms with van der Waals surface area (Å²) in [6, 6.07) is 3.23. The van der Waals surface area contributed by atoms with Gasteiger partial charge in [0.15, 0.2) is 0 Å². The van der Waals surface area contributed by atoms with Crippen LogP contribution < -0.4 is 10.9 Å². The van der Waals surface area contributed by atoms with E-state index >= 15 is 0 Å². The van der Waals surface area contributed by atoms with Gasteiger partial charge in [-0.05, 0) is 31.4 Å². The van der Waals surface area contributed by atoms with Crippen LogP contribution in [-0.2, 0) is 19.6 Å². The SMILES string of the molecule is Cn1[nH]c(=O)cc1C(=O)NC1CCCc2nn(-c3ccnc(C(F)(F)F)c3)cc21. The number of halogens is 3. The summed E-state index contributed by atoms with van der Waals surface area (Å²) in [5, 5.41) is 9.76. The molecule has 1 aliphatic rings. The maximum atomic E-state index is 12.9. The third kappa shape index (κ3) is 3.67. The lowest BCUT2D eigenvalue weighted by molar-refractivity contribution is -0.141. The van der Waals surface area contributed by atoms with Gasteiger partial charge in [-0.2, -0.15) is 18.3 Å². The Morgan fingerprint density at radius 2 is 2.14 bits per heavy atom. The minimum atomic E-state index is -4.55. The molecule has 0 bridgehead atoms. The van der Waals surface area contributed by atoms with Gasteiger partial charge in [-0.25, -0.2) is 4.68 Å². The van der Waals surface area contributed by atoms with Crippen LogP contribution in [0.1, 0.15) is 46.3 Å². The third-order valence-electron chi connectivity index (χ3n) is 4.85. The summed E-state index contributed by atoms with van der Waals surface area (Å²) >= 11 is 0. The van der Waals surface area contributed by atoms with Crippen molar-refractivity contribution in [3.8, 4) is 5.69 Å². The fraction of sp³-hybridized carbons (Fsp3) is 0.333. The minimum absolute atomic E-state index is 0.193. The van der Waals surface area contributed by atoms with Crippen molar-refractivity contribution in [3.63, 3.8) is 0 Å². The van der Waals surface area contributed by atoms with Gasteiger partial charge in [-0.3, -0.25) is 24.4 Å². The number of nitrogens with zero attached hydrogens (tertiary/aromatic N) is 4. The number of carbonyl (C=O) groups excluding carboxylic acids is 1.